The summed E-state index contributed by atoms with van der Waals surface area (Å²) in [6.45, 7) is 2.16. The van der Waals surface area contributed by atoms with Gasteiger partial charge in [-0.25, -0.2) is 0 Å². The van der Waals surface area contributed by atoms with Crippen LogP contribution in [0.1, 0.15) is 29.9 Å². The van der Waals surface area contributed by atoms with Gasteiger partial charge in [-0.15, -0.1) is 0 Å². The van der Waals surface area contributed by atoms with Crippen LogP contribution < -0.4 is 5.32 Å². The van der Waals surface area contributed by atoms with E-state index in [0.29, 0.717) is 12.0 Å². The Balaban J connectivity index is 1.62. The monoisotopic (exact) mass is 315 g/mol. The van der Waals surface area contributed by atoms with E-state index in [4.69, 9.17) is 0 Å². The number of benzene rings is 2. The van der Waals surface area contributed by atoms with Crippen LogP contribution in [0.4, 0.5) is 5.69 Å². The summed E-state index contributed by atoms with van der Waals surface area (Å²) in [5.41, 5.74) is 4.05. The Morgan fingerprint density at radius 3 is 2.42 bits per heavy atom. The number of anilines is 1. The van der Waals surface area contributed by atoms with Crippen LogP contribution in [0, 0.1) is 6.92 Å². The maximum atomic E-state index is 3.65. The summed E-state index contributed by atoms with van der Waals surface area (Å²) in [5.74, 6) is 0.692. The first-order valence-corrected chi connectivity index (χ1v) is 7.60. The van der Waals surface area contributed by atoms with Crippen molar-refractivity contribution in [2.24, 2.45) is 0 Å². The van der Waals surface area contributed by atoms with E-state index in [1.807, 2.05) is 0 Å². The van der Waals surface area contributed by atoms with E-state index in [9.17, 15) is 0 Å². The lowest BCUT2D eigenvalue weighted by atomic mass is 9.76. The van der Waals surface area contributed by atoms with Crippen molar-refractivity contribution in [1.82, 2.24) is 0 Å². The topological polar surface area (TPSA) is 12.0 Å². The molecule has 1 fully saturated rings. The first kappa shape index (κ1) is 12.7. The lowest BCUT2D eigenvalue weighted by molar-refractivity contribution is 0.373. The van der Waals surface area contributed by atoms with Crippen LogP contribution in [0.25, 0.3) is 0 Å². The van der Waals surface area contributed by atoms with Crippen molar-refractivity contribution < 1.29 is 0 Å². The molecule has 19 heavy (non-hydrogen) atoms. The lowest BCUT2D eigenvalue weighted by Gasteiger charge is -2.37. The van der Waals surface area contributed by atoms with E-state index >= 15 is 0 Å². The minimum Gasteiger partial charge on any atom is -0.382 e. The van der Waals surface area contributed by atoms with Gasteiger partial charge >= 0.3 is 0 Å². The molecule has 0 radical (unpaired) electrons. The van der Waals surface area contributed by atoms with Gasteiger partial charge in [-0.3, -0.25) is 0 Å². The van der Waals surface area contributed by atoms with E-state index in [1.54, 1.807) is 0 Å². The van der Waals surface area contributed by atoms with Crippen LogP contribution in [0.15, 0.2) is 53.0 Å². The Morgan fingerprint density at radius 2 is 1.68 bits per heavy atom. The van der Waals surface area contributed by atoms with Crippen LogP contribution in [0.2, 0.25) is 0 Å². The third kappa shape index (κ3) is 2.69. The van der Waals surface area contributed by atoms with Gasteiger partial charge in [-0.05, 0) is 48.9 Å². The minimum absolute atomic E-state index is 0.609. The van der Waals surface area contributed by atoms with Crippen molar-refractivity contribution in [3.05, 3.63) is 64.1 Å². The standard InChI is InChI=1S/C17H18BrN/c1-12-6-2-5-9-17(12)19-14-10-13(11-14)15-7-3-4-8-16(15)18/h2-9,13-14,19H,10-11H2,1H3. The summed E-state index contributed by atoms with van der Waals surface area (Å²) in [6.07, 6.45) is 2.44. The Morgan fingerprint density at radius 1 is 1.00 bits per heavy atom. The van der Waals surface area contributed by atoms with Gasteiger partial charge in [0.15, 0.2) is 0 Å². The zero-order chi connectivity index (χ0) is 13.2. The molecule has 0 amide bonds. The summed E-state index contributed by atoms with van der Waals surface area (Å²) in [4.78, 5) is 0. The normalized spacial score (nSPS) is 21.8. The molecule has 0 bridgehead atoms. The van der Waals surface area contributed by atoms with E-state index in [2.05, 4.69) is 76.7 Å². The molecule has 2 heteroatoms. The first-order valence-electron chi connectivity index (χ1n) is 6.80. The zero-order valence-electron chi connectivity index (χ0n) is 11.1. The highest BCUT2D eigenvalue weighted by Crippen LogP contribution is 2.41. The second-order valence-electron chi connectivity index (χ2n) is 5.35. The molecular formula is C17H18BrN. The van der Waals surface area contributed by atoms with Crippen molar-refractivity contribution in [3.8, 4) is 0 Å². The Labute approximate surface area is 123 Å². The second kappa shape index (κ2) is 5.38. The fourth-order valence-corrected chi connectivity index (χ4v) is 3.36. The van der Waals surface area contributed by atoms with Gasteiger partial charge in [-0.1, -0.05) is 52.3 Å². The number of halogens is 1. The van der Waals surface area contributed by atoms with Gasteiger partial charge in [0.1, 0.15) is 0 Å². The molecule has 1 nitrogen and oxygen atoms in total. The fraction of sp³-hybridized carbons (Fsp3) is 0.294. The fourth-order valence-electron chi connectivity index (χ4n) is 2.75. The number of rotatable bonds is 3. The number of aryl methyl sites for hydroxylation is 1. The molecule has 0 atom stereocenters. The van der Waals surface area contributed by atoms with E-state index in [0.717, 1.165) is 0 Å². The van der Waals surface area contributed by atoms with Crippen LogP contribution in [-0.4, -0.2) is 6.04 Å². The van der Waals surface area contributed by atoms with Crippen molar-refractivity contribution in [3.63, 3.8) is 0 Å². The summed E-state index contributed by atoms with van der Waals surface area (Å²) >= 11 is 3.65. The molecule has 0 heterocycles. The molecule has 1 N–H and O–H groups in total. The third-order valence-corrected chi connectivity index (χ3v) is 4.71. The Hall–Kier alpha value is -1.28. The predicted molar refractivity (Wildman–Crippen MR) is 84.7 cm³/mol. The van der Waals surface area contributed by atoms with Crippen LogP contribution >= 0.6 is 15.9 Å². The highest BCUT2D eigenvalue weighted by molar-refractivity contribution is 9.10. The zero-order valence-corrected chi connectivity index (χ0v) is 12.7. The first-order chi connectivity index (χ1) is 9.24. The quantitative estimate of drug-likeness (QED) is 0.829. The second-order valence-corrected chi connectivity index (χ2v) is 6.20. The predicted octanol–water partition coefficient (Wildman–Crippen LogP) is 5.12. The lowest BCUT2D eigenvalue weighted by Crippen LogP contribution is -2.34. The Bertz CT molecular complexity index is 573. The summed E-state index contributed by atoms with van der Waals surface area (Å²) < 4.78 is 1.24. The maximum Gasteiger partial charge on any atom is 0.0372 e. The average molecular weight is 316 g/mol. The number of hydrogen-bond donors (Lipinski definition) is 1. The molecule has 98 valence electrons. The molecule has 0 saturated heterocycles. The molecule has 0 unspecified atom stereocenters. The smallest absolute Gasteiger partial charge is 0.0372 e. The van der Waals surface area contributed by atoms with Crippen molar-refractivity contribution >= 4 is 21.6 Å². The number of para-hydroxylation sites is 1. The summed E-state index contributed by atoms with van der Waals surface area (Å²) in [6, 6.07) is 17.7. The van der Waals surface area contributed by atoms with Crippen molar-refractivity contribution in [2.75, 3.05) is 5.32 Å². The highest BCUT2D eigenvalue weighted by Gasteiger charge is 2.31. The molecule has 0 aliphatic heterocycles. The molecule has 3 rings (SSSR count). The van der Waals surface area contributed by atoms with Crippen LogP contribution in [0.3, 0.4) is 0 Å². The molecule has 2 aromatic carbocycles. The SMILES string of the molecule is Cc1ccccc1NC1CC(c2ccccc2Br)C1. The summed E-state index contributed by atoms with van der Waals surface area (Å²) in [7, 11) is 0. The van der Waals surface area contributed by atoms with E-state index in [1.165, 1.54) is 34.1 Å². The molecular weight excluding hydrogens is 298 g/mol. The molecule has 1 saturated carbocycles. The van der Waals surface area contributed by atoms with Gasteiger partial charge in [0.05, 0.1) is 0 Å². The van der Waals surface area contributed by atoms with Gasteiger partial charge in [0.2, 0.25) is 0 Å². The molecule has 1 aliphatic carbocycles. The van der Waals surface area contributed by atoms with Gasteiger partial charge < -0.3 is 5.32 Å². The van der Waals surface area contributed by atoms with Crippen molar-refractivity contribution in [2.45, 2.75) is 31.7 Å². The van der Waals surface area contributed by atoms with Crippen molar-refractivity contribution in [1.29, 1.82) is 0 Å². The summed E-state index contributed by atoms with van der Waals surface area (Å²) in [5, 5.41) is 3.65. The Kier molecular flexibility index (Phi) is 3.61. The van der Waals surface area contributed by atoms with E-state index < -0.39 is 0 Å². The van der Waals surface area contributed by atoms with Crippen LogP contribution in [0.5, 0.6) is 0 Å². The largest absolute Gasteiger partial charge is 0.382 e. The van der Waals surface area contributed by atoms with Crippen LogP contribution in [-0.2, 0) is 0 Å². The minimum atomic E-state index is 0.609. The van der Waals surface area contributed by atoms with Gasteiger partial charge in [-0.2, -0.15) is 0 Å². The number of hydrogen-bond acceptors (Lipinski definition) is 1. The van der Waals surface area contributed by atoms with Gasteiger partial charge in [0, 0.05) is 16.2 Å². The molecule has 0 spiro atoms. The van der Waals surface area contributed by atoms with Gasteiger partial charge in [0.25, 0.3) is 0 Å². The molecule has 0 aromatic heterocycles. The average Bonchev–Trinajstić information content (AvgIpc) is 2.37. The maximum absolute atomic E-state index is 3.65. The van der Waals surface area contributed by atoms with E-state index in [-0.39, 0.29) is 0 Å². The third-order valence-electron chi connectivity index (χ3n) is 3.99. The number of nitrogens with one attached hydrogen (secondary N) is 1. The molecule has 1 aliphatic rings. The molecule has 2 aromatic rings. The highest BCUT2D eigenvalue weighted by atomic mass is 79.9.